The molecule has 1 aliphatic heterocycles. The second kappa shape index (κ2) is 11.2. The van der Waals surface area contributed by atoms with Crippen molar-refractivity contribution in [2.24, 2.45) is 0 Å². The fourth-order valence-electron chi connectivity index (χ4n) is 3.55. The summed E-state index contributed by atoms with van der Waals surface area (Å²) in [5, 5.41) is 15.5. The molecule has 4 rings (SSSR count). The number of non-ortho nitro benzene ring substituents is 1. The normalized spacial score (nSPS) is 13.8. The number of anilines is 1. The third-order valence-corrected chi connectivity index (χ3v) is 5.45. The van der Waals surface area contributed by atoms with Gasteiger partial charge in [0.25, 0.3) is 11.6 Å². The number of urea groups is 1. The molecular weight excluding hydrogens is 499 g/mol. The molecule has 194 valence electrons. The molecule has 11 nitrogen and oxygen atoms in total. The third-order valence-electron chi connectivity index (χ3n) is 5.45. The van der Waals surface area contributed by atoms with E-state index in [2.05, 4.69) is 10.6 Å². The maximum Gasteiger partial charge on any atom is 0.329 e. The summed E-state index contributed by atoms with van der Waals surface area (Å²) in [4.78, 5) is 48.3. The Labute approximate surface area is 215 Å². The first-order valence-electron chi connectivity index (χ1n) is 11.2. The number of nitro benzene ring substituents is 1. The van der Waals surface area contributed by atoms with E-state index in [9.17, 15) is 28.9 Å². The lowest BCUT2D eigenvalue weighted by Gasteiger charge is -2.12. The first-order valence-corrected chi connectivity index (χ1v) is 11.2. The highest BCUT2D eigenvalue weighted by molar-refractivity contribution is 6.16. The van der Waals surface area contributed by atoms with E-state index in [1.165, 1.54) is 49.6 Å². The molecule has 3 aromatic carbocycles. The van der Waals surface area contributed by atoms with Crippen LogP contribution in [0.1, 0.15) is 11.1 Å². The maximum atomic E-state index is 13.8. The molecule has 1 aliphatic rings. The zero-order valence-corrected chi connectivity index (χ0v) is 20.0. The zero-order chi connectivity index (χ0) is 27.2. The molecule has 3 aromatic rings. The SMILES string of the molecule is COc1cc(/C=C2/NC(=O)N(CC(=O)Nc3ccccc3F)C2=O)ccc1OCc1ccc([N+](=O)[O-])cc1. The third kappa shape index (κ3) is 5.93. The number of para-hydroxylation sites is 1. The second-order valence-electron chi connectivity index (χ2n) is 8.03. The minimum Gasteiger partial charge on any atom is -0.493 e. The van der Waals surface area contributed by atoms with Gasteiger partial charge in [-0.15, -0.1) is 0 Å². The van der Waals surface area contributed by atoms with Crippen molar-refractivity contribution in [3.63, 3.8) is 0 Å². The fraction of sp³-hybridized carbons (Fsp3) is 0.115. The number of hydrogen-bond acceptors (Lipinski definition) is 7. The molecule has 12 heteroatoms. The van der Waals surface area contributed by atoms with Gasteiger partial charge in [0.05, 0.1) is 17.7 Å². The minimum atomic E-state index is -0.792. The largest absolute Gasteiger partial charge is 0.493 e. The van der Waals surface area contributed by atoms with Crippen LogP contribution in [0.2, 0.25) is 0 Å². The Morgan fingerprint density at radius 2 is 1.84 bits per heavy atom. The smallest absolute Gasteiger partial charge is 0.329 e. The van der Waals surface area contributed by atoms with Crippen LogP contribution in [-0.4, -0.2) is 41.3 Å². The van der Waals surface area contributed by atoms with E-state index in [4.69, 9.17) is 9.47 Å². The van der Waals surface area contributed by atoms with E-state index in [0.29, 0.717) is 27.5 Å². The van der Waals surface area contributed by atoms with Crippen molar-refractivity contribution >= 4 is 35.3 Å². The molecule has 0 radical (unpaired) electrons. The molecule has 0 saturated carbocycles. The number of nitrogens with zero attached hydrogens (tertiary/aromatic N) is 2. The summed E-state index contributed by atoms with van der Waals surface area (Å²) in [7, 11) is 1.43. The van der Waals surface area contributed by atoms with Gasteiger partial charge < -0.3 is 20.1 Å². The number of carbonyl (C=O) groups is 3. The Balaban J connectivity index is 1.42. The summed E-state index contributed by atoms with van der Waals surface area (Å²) in [6, 6.07) is 15.5. The number of halogens is 1. The number of nitrogens with one attached hydrogen (secondary N) is 2. The lowest BCUT2D eigenvalue weighted by Crippen LogP contribution is -2.38. The van der Waals surface area contributed by atoms with Gasteiger partial charge in [0.1, 0.15) is 24.7 Å². The molecule has 4 amide bonds. The Morgan fingerprint density at radius 1 is 1.11 bits per heavy atom. The van der Waals surface area contributed by atoms with Gasteiger partial charge in [-0.05, 0) is 53.6 Å². The van der Waals surface area contributed by atoms with Crippen LogP contribution in [0.5, 0.6) is 11.5 Å². The van der Waals surface area contributed by atoms with Gasteiger partial charge in [0.2, 0.25) is 5.91 Å². The second-order valence-corrected chi connectivity index (χ2v) is 8.03. The first kappa shape index (κ1) is 25.8. The quantitative estimate of drug-likeness (QED) is 0.189. The molecule has 1 heterocycles. The summed E-state index contributed by atoms with van der Waals surface area (Å²) in [6.07, 6.45) is 1.41. The molecule has 1 fully saturated rings. The van der Waals surface area contributed by atoms with Crippen molar-refractivity contribution in [1.82, 2.24) is 10.2 Å². The van der Waals surface area contributed by atoms with Gasteiger partial charge in [0.15, 0.2) is 11.5 Å². The van der Waals surface area contributed by atoms with Crippen LogP contribution in [0.25, 0.3) is 6.08 Å². The average molecular weight is 520 g/mol. The van der Waals surface area contributed by atoms with Crippen molar-refractivity contribution in [2.75, 3.05) is 19.0 Å². The van der Waals surface area contributed by atoms with Crippen molar-refractivity contribution < 1.29 is 33.2 Å². The first-order chi connectivity index (χ1) is 18.2. The van der Waals surface area contributed by atoms with Gasteiger partial charge in [0, 0.05) is 12.1 Å². The molecule has 0 aromatic heterocycles. The molecule has 0 atom stereocenters. The standard InChI is InChI=1S/C26H21FN4O7/c1-37-23-13-17(8-11-22(23)38-15-16-6-9-18(10-7-16)31(35)36)12-21-25(33)30(26(34)29-21)14-24(32)28-20-5-3-2-4-19(20)27/h2-13H,14-15H2,1H3,(H,28,32)(H,29,34)/b21-12+. The summed E-state index contributed by atoms with van der Waals surface area (Å²) in [6.45, 7) is -0.470. The van der Waals surface area contributed by atoms with Crippen molar-refractivity contribution in [3.05, 3.63) is 99.5 Å². The molecule has 0 aliphatic carbocycles. The lowest BCUT2D eigenvalue weighted by atomic mass is 10.1. The highest BCUT2D eigenvalue weighted by Gasteiger charge is 2.35. The van der Waals surface area contributed by atoms with E-state index in [0.717, 1.165) is 0 Å². The van der Waals surface area contributed by atoms with Gasteiger partial charge in [-0.25, -0.2) is 14.1 Å². The summed E-state index contributed by atoms with van der Waals surface area (Å²) < 4.78 is 24.9. The predicted molar refractivity (Wildman–Crippen MR) is 134 cm³/mol. The van der Waals surface area contributed by atoms with Crippen LogP contribution in [-0.2, 0) is 16.2 Å². The van der Waals surface area contributed by atoms with Crippen LogP contribution in [0.3, 0.4) is 0 Å². The minimum absolute atomic E-state index is 0.0263. The van der Waals surface area contributed by atoms with Crippen LogP contribution in [0.15, 0.2) is 72.4 Å². The van der Waals surface area contributed by atoms with Gasteiger partial charge >= 0.3 is 6.03 Å². The number of ether oxygens (including phenoxy) is 2. The van der Waals surface area contributed by atoms with Crippen LogP contribution < -0.4 is 20.1 Å². The number of hydrogen-bond donors (Lipinski definition) is 2. The molecule has 1 saturated heterocycles. The molecule has 2 N–H and O–H groups in total. The Morgan fingerprint density at radius 3 is 2.53 bits per heavy atom. The zero-order valence-electron chi connectivity index (χ0n) is 20.0. The molecular formula is C26H21FN4O7. The Hall–Kier alpha value is -5.26. The number of benzene rings is 3. The molecule has 38 heavy (non-hydrogen) atoms. The maximum absolute atomic E-state index is 13.8. The summed E-state index contributed by atoms with van der Waals surface area (Å²) in [5.74, 6) is -1.37. The van der Waals surface area contributed by atoms with E-state index >= 15 is 0 Å². The van der Waals surface area contributed by atoms with Crippen LogP contribution in [0.4, 0.5) is 20.6 Å². The fourth-order valence-corrected chi connectivity index (χ4v) is 3.55. The number of nitro groups is 1. The van der Waals surface area contributed by atoms with E-state index < -0.39 is 35.1 Å². The van der Waals surface area contributed by atoms with Crippen molar-refractivity contribution in [2.45, 2.75) is 6.61 Å². The van der Waals surface area contributed by atoms with E-state index in [1.54, 1.807) is 30.3 Å². The van der Waals surface area contributed by atoms with Crippen molar-refractivity contribution in [1.29, 1.82) is 0 Å². The lowest BCUT2D eigenvalue weighted by molar-refractivity contribution is -0.384. The van der Waals surface area contributed by atoms with Crippen LogP contribution >= 0.6 is 0 Å². The molecule has 0 spiro atoms. The summed E-state index contributed by atoms with van der Waals surface area (Å²) in [5.41, 5.74) is 1.06. The highest BCUT2D eigenvalue weighted by atomic mass is 19.1. The van der Waals surface area contributed by atoms with Crippen LogP contribution in [0, 0.1) is 15.9 Å². The number of rotatable bonds is 9. The van der Waals surface area contributed by atoms with Crippen molar-refractivity contribution in [3.8, 4) is 11.5 Å². The van der Waals surface area contributed by atoms with Gasteiger partial charge in [-0.2, -0.15) is 0 Å². The predicted octanol–water partition coefficient (Wildman–Crippen LogP) is 3.85. The average Bonchev–Trinajstić information content (AvgIpc) is 3.16. The number of methoxy groups -OCH3 is 1. The molecule has 0 unspecified atom stereocenters. The number of carbonyl (C=O) groups excluding carboxylic acids is 3. The van der Waals surface area contributed by atoms with E-state index in [-0.39, 0.29) is 23.7 Å². The Kier molecular flexibility index (Phi) is 7.61. The summed E-state index contributed by atoms with van der Waals surface area (Å²) >= 11 is 0. The number of imide groups is 1. The highest BCUT2D eigenvalue weighted by Crippen LogP contribution is 2.30. The topological polar surface area (TPSA) is 140 Å². The van der Waals surface area contributed by atoms with Gasteiger partial charge in [-0.1, -0.05) is 18.2 Å². The number of amides is 4. The monoisotopic (exact) mass is 520 g/mol. The Bertz CT molecular complexity index is 1440. The molecule has 0 bridgehead atoms. The van der Waals surface area contributed by atoms with E-state index in [1.807, 2.05) is 0 Å². The van der Waals surface area contributed by atoms with Gasteiger partial charge in [-0.3, -0.25) is 19.7 Å².